The second kappa shape index (κ2) is 4.94. The smallest absolute Gasteiger partial charge is 0.286 e. The van der Waals surface area contributed by atoms with Crippen molar-refractivity contribution in [3.05, 3.63) is 48.3 Å². The summed E-state index contributed by atoms with van der Waals surface area (Å²) in [5, 5.41) is 11.0. The number of H-pyrrole nitrogens is 1. The summed E-state index contributed by atoms with van der Waals surface area (Å²) < 4.78 is 1.71. The Balaban J connectivity index is 1.86. The minimum Gasteiger partial charge on any atom is -0.286 e. The molecule has 0 aromatic carbocycles. The molecule has 1 aliphatic heterocycles. The topological polar surface area (TPSA) is 82.9 Å². The first-order chi connectivity index (χ1) is 11.1. The van der Waals surface area contributed by atoms with Gasteiger partial charge < -0.3 is 0 Å². The molecule has 4 rings (SSSR count). The zero-order chi connectivity index (χ0) is 16.0. The zero-order valence-electron chi connectivity index (χ0n) is 12.8. The number of urea groups is 1. The summed E-state index contributed by atoms with van der Waals surface area (Å²) >= 11 is 0. The molecule has 23 heavy (non-hydrogen) atoms. The molecule has 0 saturated carbocycles. The van der Waals surface area contributed by atoms with Crippen LogP contribution in [0.4, 0.5) is 21.9 Å². The van der Waals surface area contributed by atoms with E-state index in [4.69, 9.17) is 0 Å². The van der Waals surface area contributed by atoms with Gasteiger partial charge in [-0.2, -0.15) is 10.2 Å². The molecule has 1 aliphatic rings. The summed E-state index contributed by atoms with van der Waals surface area (Å²) in [5.41, 5.74) is 4.08. The number of nitrogens with one attached hydrogen (secondary N) is 1. The fraction of sp³-hybridized carbons (Fsp3) is 0.200. The van der Waals surface area contributed by atoms with Crippen molar-refractivity contribution in [1.29, 1.82) is 0 Å². The molecule has 2 amide bonds. The quantitative estimate of drug-likeness (QED) is 0.786. The van der Waals surface area contributed by atoms with Crippen LogP contribution < -0.4 is 9.80 Å². The Morgan fingerprint density at radius 1 is 1.26 bits per heavy atom. The number of carbonyl (C=O) groups is 1. The van der Waals surface area contributed by atoms with Crippen molar-refractivity contribution in [2.45, 2.75) is 13.5 Å². The van der Waals surface area contributed by atoms with Crippen LogP contribution in [0, 0.1) is 6.92 Å². The average Bonchev–Trinajstić information content (AvgIpc) is 3.16. The molecule has 0 spiro atoms. The standard InChI is InChI=1S/C15H15N7O/c1-10-14(9-20(2)19-10)21-8-11-5-16-4-3-13(11)22(15(21)23)12-6-17-18-7-12/h3-7,9H,8H2,1-2H3,(H,17,18). The number of aryl methyl sites for hydroxylation is 2. The van der Waals surface area contributed by atoms with Crippen LogP contribution in [-0.4, -0.2) is 31.0 Å². The molecular weight excluding hydrogens is 294 g/mol. The average molecular weight is 309 g/mol. The minimum absolute atomic E-state index is 0.138. The highest BCUT2D eigenvalue weighted by Crippen LogP contribution is 2.36. The SMILES string of the molecule is Cc1nn(C)cc1N1Cc2cnccc2N(c2cn[nH]c2)C1=O. The van der Waals surface area contributed by atoms with Crippen molar-refractivity contribution in [2.24, 2.45) is 7.05 Å². The fourth-order valence-corrected chi connectivity index (χ4v) is 2.88. The minimum atomic E-state index is -0.138. The Bertz CT molecular complexity index is 868. The van der Waals surface area contributed by atoms with E-state index in [-0.39, 0.29) is 6.03 Å². The monoisotopic (exact) mass is 309 g/mol. The normalized spacial score (nSPS) is 14.3. The number of aromatic nitrogens is 5. The highest BCUT2D eigenvalue weighted by atomic mass is 16.2. The van der Waals surface area contributed by atoms with Crippen LogP contribution in [0.5, 0.6) is 0 Å². The third-order valence-corrected chi connectivity index (χ3v) is 3.89. The lowest BCUT2D eigenvalue weighted by molar-refractivity contribution is 0.252. The molecule has 0 radical (unpaired) electrons. The number of hydrogen-bond acceptors (Lipinski definition) is 4. The lowest BCUT2D eigenvalue weighted by Gasteiger charge is -2.35. The van der Waals surface area contributed by atoms with E-state index in [9.17, 15) is 4.79 Å². The lowest BCUT2D eigenvalue weighted by Crippen LogP contribution is -2.45. The summed E-state index contributed by atoms with van der Waals surface area (Å²) in [4.78, 5) is 20.6. The predicted octanol–water partition coefficient (Wildman–Crippen LogP) is 2.12. The van der Waals surface area contributed by atoms with Gasteiger partial charge in [-0.25, -0.2) is 4.79 Å². The van der Waals surface area contributed by atoms with Gasteiger partial charge in [-0.15, -0.1) is 0 Å². The van der Waals surface area contributed by atoms with E-state index in [1.807, 2.05) is 26.2 Å². The number of aromatic amines is 1. The van der Waals surface area contributed by atoms with Crippen molar-refractivity contribution in [3.8, 4) is 0 Å². The number of rotatable bonds is 2. The van der Waals surface area contributed by atoms with Gasteiger partial charge >= 0.3 is 6.03 Å². The van der Waals surface area contributed by atoms with E-state index >= 15 is 0 Å². The third-order valence-electron chi connectivity index (χ3n) is 3.89. The van der Waals surface area contributed by atoms with Crippen LogP contribution in [-0.2, 0) is 13.6 Å². The number of carbonyl (C=O) groups excluding carboxylic acids is 1. The van der Waals surface area contributed by atoms with Crippen LogP contribution in [0.25, 0.3) is 0 Å². The lowest BCUT2D eigenvalue weighted by atomic mass is 10.1. The van der Waals surface area contributed by atoms with Crippen molar-refractivity contribution in [1.82, 2.24) is 25.0 Å². The van der Waals surface area contributed by atoms with E-state index in [1.54, 1.807) is 39.3 Å². The van der Waals surface area contributed by atoms with Gasteiger partial charge in [0, 0.05) is 37.4 Å². The van der Waals surface area contributed by atoms with Gasteiger partial charge in [0.25, 0.3) is 0 Å². The van der Waals surface area contributed by atoms with Crippen molar-refractivity contribution in [2.75, 3.05) is 9.80 Å². The molecule has 0 unspecified atom stereocenters. The number of anilines is 3. The van der Waals surface area contributed by atoms with Crippen molar-refractivity contribution >= 4 is 23.1 Å². The maximum Gasteiger partial charge on any atom is 0.334 e. The van der Waals surface area contributed by atoms with Crippen LogP contribution in [0.2, 0.25) is 0 Å². The van der Waals surface area contributed by atoms with Crippen molar-refractivity contribution < 1.29 is 4.79 Å². The third kappa shape index (κ3) is 2.07. The van der Waals surface area contributed by atoms with E-state index in [2.05, 4.69) is 20.3 Å². The van der Waals surface area contributed by atoms with E-state index in [1.165, 1.54) is 0 Å². The van der Waals surface area contributed by atoms with E-state index in [0.29, 0.717) is 12.2 Å². The Morgan fingerprint density at radius 3 is 2.83 bits per heavy atom. The van der Waals surface area contributed by atoms with Gasteiger partial charge in [-0.1, -0.05) is 0 Å². The number of pyridine rings is 1. The molecule has 3 aromatic rings. The Hall–Kier alpha value is -3.16. The molecule has 4 heterocycles. The molecule has 0 fully saturated rings. The maximum absolute atomic E-state index is 13.1. The molecule has 3 aromatic heterocycles. The van der Waals surface area contributed by atoms with Gasteiger partial charge in [0.1, 0.15) is 0 Å². The van der Waals surface area contributed by atoms with Crippen LogP contribution in [0.3, 0.4) is 0 Å². The summed E-state index contributed by atoms with van der Waals surface area (Å²) in [6, 6.07) is 1.70. The molecule has 8 nitrogen and oxygen atoms in total. The Morgan fingerprint density at radius 2 is 2.13 bits per heavy atom. The molecule has 0 saturated heterocycles. The second-order valence-electron chi connectivity index (χ2n) is 5.44. The Labute approximate surface area is 132 Å². The fourth-order valence-electron chi connectivity index (χ4n) is 2.88. The van der Waals surface area contributed by atoms with E-state index < -0.39 is 0 Å². The number of amides is 2. The summed E-state index contributed by atoms with van der Waals surface area (Å²) in [5.74, 6) is 0. The first-order valence-corrected chi connectivity index (χ1v) is 7.18. The van der Waals surface area contributed by atoms with Gasteiger partial charge in [0.15, 0.2) is 0 Å². The number of fused-ring (bicyclic) bond motifs is 1. The van der Waals surface area contributed by atoms with Crippen molar-refractivity contribution in [3.63, 3.8) is 0 Å². The van der Waals surface area contributed by atoms with Crippen LogP contribution in [0.15, 0.2) is 37.1 Å². The number of hydrogen-bond donors (Lipinski definition) is 1. The molecule has 1 N–H and O–H groups in total. The second-order valence-corrected chi connectivity index (χ2v) is 5.44. The molecule has 0 bridgehead atoms. The van der Waals surface area contributed by atoms with E-state index in [0.717, 1.165) is 22.6 Å². The first-order valence-electron chi connectivity index (χ1n) is 7.18. The molecule has 0 atom stereocenters. The van der Waals surface area contributed by atoms with Crippen LogP contribution in [0.1, 0.15) is 11.3 Å². The van der Waals surface area contributed by atoms with Crippen LogP contribution >= 0.6 is 0 Å². The number of nitrogens with zero attached hydrogens (tertiary/aromatic N) is 6. The molecule has 0 aliphatic carbocycles. The molecular formula is C15H15N7O. The summed E-state index contributed by atoms with van der Waals surface area (Å²) in [6.07, 6.45) is 8.64. The van der Waals surface area contributed by atoms with Gasteiger partial charge in [-0.05, 0) is 13.0 Å². The van der Waals surface area contributed by atoms with Gasteiger partial charge in [0.05, 0.1) is 35.5 Å². The van der Waals surface area contributed by atoms with Gasteiger partial charge in [0.2, 0.25) is 0 Å². The highest BCUT2D eigenvalue weighted by Gasteiger charge is 2.34. The maximum atomic E-state index is 13.1. The molecule has 8 heteroatoms. The first kappa shape index (κ1) is 13.5. The predicted molar refractivity (Wildman–Crippen MR) is 84.5 cm³/mol. The summed E-state index contributed by atoms with van der Waals surface area (Å²) in [7, 11) is 1.84. The largest absolute Gasteiger partial charge is 0.334 e. The Kier molecular flexibility index (Phi) is 2.90. The highest BCUT2D eigenvalue weighted by molar-refractivity contribution is 6.10. The molecule has 116 valence electrons. The summed E-state index contributed by atoms with van der Waals surface area (Å²) in [6.45, 7) is 2.35. The van der Waals surface area contributed by atoms with Gasteiger partial charge in [-0.3, -0.25) is 24.6 Å². The zero-order valence-corrected chi connectivity index (χ0v) is 12.8.